The molecule has 5 heteroatoms. The van der Waals surface area contributed by atoms with Crippen molar-refractivity contribution in [1.29, 1.82) is 0 Å². The van der Waals surface area contributed by atoms with Crippen LogP contribution in [0.1, 0.15) is 56.0 Å². The molecule has 0 bridgehead atoms. The molecule has 3 aromatic rings. The Hall–Kier alpha value is -3.86. The molecule has 3 aromatic carbocycles. The Balaban J connectivity index is 1.79. The summed E-state index contributed by atoms with van der Waals surface area (Å²) in [5.41, 5.74) is 3.52. The Bertz CT molecular complexity index is 1270. The summed E-state index contributed by atoms with van der Waals surface area (Å²) >= 11 is 0. The molecular formula is C31H33NO4. The molecule has 1 unspecified atom stereocenters. The van der Waals surface area contributed by atoms with Crippen LogP contribution in [-0.4, -0.2) is 34.8 Å². The topological polar surface area (TPSA) is 66.8 Å². The zero-order chi connectivity index (χ0) is 25.9. The van der Waals surface area contributed by atoms with E-state index in [0.29, 0.717) is 30.9 Å². The predicted octanol–water partition coefficient (Wildman–Crippen LogP) is 6.05. The number of ketones is 1. The lowest BCUT2D eigenvalue weighted by molar-refractivity contribution is -0.139. The number of aliphatic hydroxyl groups excluding tert-OH is 1. The van der Waals surface area contributed by atoms with Crippen LogP contribution in [0.4, 0.5) is 0 Å². The molecule has 1 N–H and O–H groups in total. The molecule has 0 spiro atoms. The van der Waals surface area contributed by atoms with E-state index in [4.69, 9.17) is 4.74 Å². The summed E-state index contributed by atoms with van der Waals surface area (Å²) in [5.74, 6) is -0.876. The molecule has 1 aliphatic rings. The zero-order valence-electron chi connectivity index (χ0n) is 21.3. The van der Waals surface area contributed by atoms with Crippen LogP contribution >= 0.6 is 0 Å². The molecule has 1 atom stereocenters. The largest absolute Gasteiger partial charge is 0.507 e. The fraction of sp³-hybridized carbons (Fsp3) is 0.290. The minimum atomic E-state index is -0.682. The third kappa shape index (κ3) is 5.20. The van der Waals surface area contributed by atoms with Crippen LogP contribution in [0.3, 0.4) is 0 Å². The SMILES string of the molecule is CCOc1cccc(/C(O)=C2\C(=O)C(=O)N(CCc3ccccc3)C2c2ccc(C(C)(C)C)cc2)c1. The summed E-state index contributed by atoms with van der Waals surface area (Å²) in [5, 5.41) is 11.3. The highest BCUT2D eigenvalue weighted by atomic mass is 16.5. The van der Waals surface area contributed by atoms with Gasteiger partial charge in [0.05, 0.1) is 18.2 Å². The minimum absolute atomic E-state index is 0.0344. The fourth-order valence-corrected chi connectivity index (χ4v) is 4.57. The average Bonchev–Trinajstić information content (AvgIpc) is 3.12. The monoisotopic (exact) mass is 483 g/mol. The molecule has 5 nitrogen and oxygen atoms in total. The summed E-state index contributed by atoms with van der Waals surface area (Å²) in [6, 6.07) is 24.1. The van der Waals surface area contributed by atoms with Gasteiger partial charge in [-0.05, 0) is 47.6 Å². The Morgan fingerprint density at radius 3 is 2.28 bits per heavy atom. The summed E-state index contributed by atoms with van der Waals surface area (Å²) in [6.45, 7) is 9.13. The first-order chi connectivity index (χ1) is 17.2. The van der Waals surface area contributed by atoms with Gasteiger partial charge in [0.25, 0.3) is 11.7 Å². The van der Waals surface area contributed by atoms with Crippen LogP contribution in [0.5, 0.6) is 5.75 Å². The first kappa shape index (κ1) is 25.2. The molecule has 1 amide bonds. The lowest BCUT2D eigenvalue weighted by atomic mass is 9.85. The van der Waals surface area contributed by atoms with E-state index in [1.807, 2.05) is 61.5 Å². The molecule has 1 saturated heterocycles. The van der Waals surface area contributed by atoms with Crippen molar-refractivity contribution in [2.24, 2.45) is 0 Å². The Kier molecular flexibility index (Phi) is 7.30. The number of aliphatic hydroxyl groups is 1. The Labute approximate surface area is 213 Å². The van der Waals surface area contributed by atoms with Gasteiger partial charge >= 0.3 is 0 Å². The smallest absolute Gasteiger partial charge is 0.295 e. The van der Waals surface area contributed by atoms with Gasteiger partial charge in [0.2, 0.25) is 0 Å². The molecule has 0 radical (unpaired) electrons. The quantitative estimate of drug-likeness (QED) is 0.252. The maximum atomic E-state index is 13.3. The van der Waals surface area contributed by atoms with E-state index < -0.39 is 17.7 Å². The van der Waals surface area contributed by atoms with Gasteiger partial charge in [0, 0.05) is 12.1 Å². The number of benzene rings is 3. The fourth-order valence-electron chi connectivity index (χ4n) is 4.57. The maximum absolute atomic E-state index is 13.3. The molecule has 1 heterocycles. The summed E-state index contributed by atoms with van der Waals surface area (Å²) in [7, 11) is 0. The predicted molar refractivity (Wildman–Crippen MR) is 142 cm³/mol. The van der Waals surface area contributed by atoms with Crippen molar-refractivity contribution in [1.82, 2.24) is 4.90 Å². The number of hydrogen-bond acceptors (Lipinski definition) is 4. The van der Waals surface area contributed by atoms with Crippen LogP contribution in [-0.2, 0) is 21.4 Å². The molecular weight excluding hydrogens is 450 g/mol. The van der Waals surface area contributed by atoms with Gasteiger partial charge in [-0.2, -0.15) is 0 Å². The standard InChI is InChI=1S/C31H33NO4/c1-5-36-25-13-9-12-23(20-25)28(33)26-27(22-14-16-24(17-15-22)31(2,3)4)32(30(35)29(26)34)19-18-21-10-7-6-8-11-21/h6-17,20,27,33H,5,18-19H2,1-4H3/b28-26+. The van der Waals surface area contributed by atoms with Crippen molar-refractivity contribution < 1.29 is 19.4 Å². The van der Waals surface area contributed by atoms with Gasteiger partial charge < -0.3 is 14.7 Å². The molecule has 1 fully saturated rings. The second-order valence-electron chi connectivity index (χ2n) is 10.1. The summed E-state index contributed by atoms with van der Waals surface area (Å²) in [6.07, 6.45) is 0.601. The number of ether oxygens (including phenoxy) is 1. The number of amides is 1. The first-order valence-corrected chi connectivity index (χ1v) is 12.4. The molecule has 4 rings (SSSR count). The van der Waals surface area contributed by atoms with E-state index in [-0.39, 0.29) is 16.7 Å². The van der Waals surface area contributed by atoms with E-state index in [0.717, 1.165) is 16.7 Å². The molecule has 186 valence electrons. The zero-order valence-corrected chi connectivity index (χ0v) is 21.3. The molecule has 0 aliphatic carbocycles. The van der Waals surface area contributed by atoms with Crippen molar-refractivity contribution in [3.8, 4) is 5.75 Å². The first-order valence-electron chi connectivity index (χ1n) is 12.4. The van der Waals surface area contributed by atoms with Crippen LogP contribution in [0, 0.1) is 0 Å². The number of carbonyl (C=O) groups is 2. The van der Waals surface area contributed by atoms with Crippen LogP contribution in [0.25, 0.3) is 5.76 Å². The van der Waals surface area contributed by atoms with Gasteiger partial charge in [-0.15, -0.1) is 0 Å². The number of carbonyl (C=O) groups excluding carboxylic acids is 2. The van der Waals surface area contributed by atoms with Crippen molar-refractivity contribution in [3.05, 3.63) is 107 Å². The number of nitrogens with zero attached hydrogens (tertiary/aromatic N) is 1. The normalized spacial score (nSPS) is 17.4. The van der Waals surface area contributed by atoms with Gasteiger partial charge in [-0.25, -0.2) is 0 Å². The number of hydrogen-bond donors (Lipinski definition) is 1. The van der Waals surface area contributed by atoms with Crippen LogP contribution in [0.15, 0.2) is 84.4 Å². The van der Waals surface area contributed by atoms with Crippen molar-refractivity contribution in [3.63, 3.8) is 0 Å². The molecule has 0 saturated carbocycles. The lowest BCUT2D eigenvalue weighted by Crippen LogP contribution is -2.31. The van der Waals surface area contributed by atoms with Gasteiger partial charge in [0.1, 0.15) is 11.5 Å². The lowest BCUT2D eigenvalue weighted by Gasteiger charge is -2.26. The highest BCUT2D eigenvalue weighted by Gasteiger charge is 2.45. The second-order valence-corrected chi connectivity index (χ2v) is 10.1. The van der Waals surface area contributed by atoms with Crippen LogP contribution < -0.4 is 4.74 Å². The highest BCUT2D eigenvalue weighted by molar-refractivity contribution is 6.46. The molecule has 1 aliphatic heterocycles. The minimum Gasteiger partial charge on any atom is -0.507 e. The average molecular weight is 484 g/mol. The summed E-state index contributed by atoms with van der Waals surface area (Å²) < 4.78 is 5.58. The van der Waals surface area contributed by atoms with Crippen molar-refractivity contribution in [2.75, 3.05) is 13.2 Å². The van der Waals surface area contributed by atoms with E-state index in [9.17, 15) is 14.7 Å². The third-order valence-corrected chi connectivity index (χ3v) is 6.54. The Morgan fingerprint density at radius 1 is 0.944 bits per heavy atom. The Morgan fingerprint density at radius 2 is 1.64 bits per heavy atom. The van der Waals surface area contributed by atoms with Gasteiger partial charge in [-0.1, -0.05) is 87.5 Å². The molecule has 0 aromatic heterocycles. The van der Waals surface area contributed by atoms with E-state index >= 15 is 0 Å². The number of rotatable bonds is 7. The second kappa shape index (κ2) is 10.4. The van der Waals surface area contributed by atoms with Gasteiger partial charge in [-0.3, -0.25) is 9.59 Å². The maximum Gasteiger partial charge on any atom is 0.295 e. The van der Waals surface area contributed by atoms with Gasteiger partial charge in [0.15, 0.2) is 0 Å². The van der Waals surface area contributed by atoms with E-state index in [1.54, 1.807) is 29.2 Å². The number of Topliss-reactive ketones (excluding diaryl/α,β-unsaturated/α-hetero) is 1. The van der Waals surface area contributed by atoms with E-state index in [2.05, 4.69) is 20.8 Å². The van der Waals surface area contributed by atoms with Crippen molar-refractivity contribution >= 4 is 17.4 Å². The van der Waals surface area contributed by atoms with Crippen molar-refractivity contribution in [2.45, 2.75) is 45.6 Å². The third-order valence-electron chi connectivity index (χ3n) is 6.54. The highest BCUT2D eigenvalue weighted by Crippen LogP contribution is 2.40. The van der Waals surface area contributed by atoms with Crippen LogP contribution in [0.2, 0.25) is 0 Å². The van der Waals surface area contributed by atoms with E-state index in [1.165, 1.54) is 0 Å². The molecule has 36 heavy (non-hydrogen) atoms. The number of likely N-dealkylation sites (tertiary alicyclic amines) is 1. The summed E-state index contributed by atoms with van der Waals surface area (Å²) in [4.78, 5) is 28.2.